The third-order valence-electron chi connectivity index (χ3n) is 3.59. The van der Waals surface area contributed by atoms with Crippen molar-refractivity contribution in [3.8, 4) is 11.5 Å². The zero-order valence-corrected chi connectivity index (χ0v) is 13.0. The predicted octanol–water partition coefficient (Wildman–Crippen LogP) is 3.31. The molecule has 0 atom stereocenters. The van der Waals surface area contributed by atoms with Gasteiger partial charge in [0.25, 0.3) is 0 Å². The lowest BCUT2D eigenvalue weighted by Gasteiger charge is -2.11. The fourth-order valence-corrected chi connectivity index (χ4v) is 2.53. The van der Waals surface area contributed by atoms with E-state index in [0.29, 0.717) is 12.0 Å². The van der Waals surface area contributed by atoms with Crippen molar-refractivity contribution in [2.45, 2.75) is 46.1 Å². The highest BCUT2D eigenvalue weighted by atomic mass is 15.1. The van der Waals surface area contributed by atoms with Crippen molar-refractivity contribution in [3.63, 3.8) is 0 Å². The van der Waals surface area contributed by atoms with Gasteiger partial charge in [-0.15, -0.1) is 0 Å². The van der Waals surface area contributed by atoms with Crippen molar-refractivity contribution in [1.82, 2.24) is 19.5 Å². The Balaban J connectivity index is 1.99. The number of hydrogen-bond acceptors (Lipinski definition) is 4. The van der Waals surface area contributed by atoms with Gasteiger partial charge in [0.15, 0.2) is 5.82 Å². The minimum absolute atomic E-state index is 0.579. The maximum atomic E-state index is 4.76. The van der Waals surface area contributed by atoms with Crippen LogP contribution in [0.3, 0.4) is 0 Å². The first kappa shape index (κ1) is 14.0. The fourth-order valence-electron chi connectivity index (χ4n) is 2.53. The summed E-state index contributed by atoms with van der Waals surface area (Å²) in [7, 11) is 0. The van der Waals surface area contributed by atoms with E-state index >= 15 is 0 Å². The van der Waals surface area contributed by atoms with Crippen molar-refractivity contribution in [1.29, 1.82) is 0 Å². The van der Waals surface area contributed by atoms with Crippen molar-refractivity contribution in [3.05, 3.63) is 24.3 Å². The van der Waals surface area contributed by atoms with Gasteiger partial charge in [0.05, 0.1) is 12.5 Å². The smallest absolute Gasteiger partial charge is 0.180 e. The second-order valence-corrected chi connectivity index (χ2v) is 6.11. The molecule has 0 aliphatic heterocycles. The van der Waals surface area contributed by atoms with Gasteiger partial charge in [0, 0.05) is 24.3 Å². The van der Waals surface area contributed by atoms with Crippen molar-refractivity contribution < 1.29 is 0 Å². The van der Waals surface area contributed by atoms with Crippen LogP contribution in [0, 0.1) is 5.92 Å². The zero-order chi connectivity index (χ0) is 14.8. The van der Waals surface area contributed by atoms with Gasteiger partial charge < -0.3 is 9.88 Å². The maximum Gasteiger partial charge on any atom is 0.180 e. The molecule has 21 heavy (non-hydrogen) atoms. The lowest BCUT2D eigenvalue weighted by molar-refractivity contribution is 0.634. The largest absolute Gasteiger partial charge is 0.370 e. The summed E-state index contributed by atoms with van der Waals surface area (Å²) in [6, 6.07) is 2.65. The summed E-state index contributed by atoms with van der Waals surface area (Å²) < 4.78 is 2.21. The third kappa shape index (κ3) is 3.23. The summed E-state index contributed by atoms with van der Waals surface area (Å²) in [4.78, 5) is 13.7. The molecule has 0 saturated heterocycles. The first-order valence-corrected chi connectivity index (χ1v) is 7.81. The van der Waals surface area contributed by atoms with Crippen LogP contribution in [-0.4, -0.2) is 26.1 Å². The summed E-state index contributed by atoms with van der Waals surface area (Å²) >= 11 is 0. The molecule has 0 amide bonds. The van der Waals surface area contributed by atoms with Crippen LogP contribution < -0.4 is 5.32 Å². The molecule has 2 aromatic rings. The van der Waals surface area contributed by atoms with E-state index in [1.165, 1.54) is 12.8 Å². The SMILES string of the molecule is CCNc1cc(CC(C)C)nc(-c2cncn2C2CC2)n1. The molecule has 0 unspecified atom stereocenters. The number of aromatic nitrogens is 4. The second-order valence-electron chi connectivity index (χ2n) is 6.11. The van der Waals surface area contributed by atoms with Gasteiger partial charge in [-0.2, -0.15) is 0 Å². The number of imidazole rings is 1. The Bertz CT molecular complexity index is 613. The minimum Gasteiger partial charge on any atom is -0.370 e. The van der Waals surface area contributed by atoms with Crippen LogP contribution in [0.15, 0.2) is 18.6 Å². The maximum absolute atomic E-state index is 4.76. The Kier molecular flexibility index (Phi) is 3.90. The van der Waals surface area contributed by atoms with Gasteiger partial charge in [-0.05, 0) is 32.1 Å². The van der Waals surface area contributed by atoms with Crippen LogP contribution in [0.4, 0.5) is 5.82 Å². The van der Waals surface area contributed by atoms with Crippen LogP contribution in [-0.2, 0) is 6.42 Å². The van der Waals surface area contributed by atoms with E-state index in [4.69, 9.17) is 4.98 Å². The molecule has 1 aliphatic rings. The highest BCUT2D eigenvalue weighted by molar-refractivity contribution is 5.53. The number of nitrogens with zero attached hydrogens (tertiary/aromatic N) is 4. The topological polar surface area (TPSA) is 55.6 Å². The van der Waals surface area contributed by atoms with Gasteiger partial charge in [0.1, 0.15) is 11.5 Å². The molecule has 1 saturated carbocycles. The Morgan fingerprint density at radius 3 is 2.81 bits per heavy atom. The van der Waals surface area contributed by atoms with Gasteiger partial charge in [-0.25, -0.2) is 15.0 Å². The van der Waals surface area contributed by atoms with E-state index in [1.54, 1.807) is 0 Å². The van der Waals surface area contributed by atoms with E-state index in [2.05, 4.69) is 46.7 Å². The van der Waals surface area contributed by atoms with E-state index in [9.17, 15) is 0 Å². The number of nitrogens with one attached hydrogen (secondary N) is 1. The van der Waals surface area contributed by atoms with E-state index in [0.717, 1.165) is 36.0 Å². The molecule has 1 fully saturated rings. The molecule has 0 radical (unpaired) electrons. The Hall–Kier alpha value is -1.91. The number of rotatable bonds is 6. The van der Waals surface area contributed by atoms with Crippen molar-refractivity contribution in [2.75, 3.05) is 11.9 Å². The molecule has 0 spiro atoms. The Morgan fingerprint density at radius 2 is 2.14 bits per heavy atom. The molecule has 5 heteroatoms. The normalized spacial score (nSPS) is 14.7. The Morgan fingerprint density at radius 1 is 1.33 bits per heavy atom. The summed E-state index contributed by atoms with van der Waals surface area (Å²) in [5.74, 6) is 2.27. The van der Waals surface area contributed by atoms with Gasteiger partial charge in [-0.3, -0.25) is 0 Å². The first-order valence-electron chi connectivity index (χ1n) is 7.81. The van der Waals surface area contributed by atoms with Crippen molar-refractivity contribution >= 4 is 5.82 Å². The molecule has 3 rings (SSSR count). The standard InChI is InChI=1S/C16H23N5/c1-4-18-15-8-12(7-11(2)3)19-16(20-15)14-9-17-10-21(14)13-5-6-13/h8-11,13H,4-7H2,1-3H3,(H,18,19,20). The van der Waals surface area contributed by atoms with E-state index < -0.39 is 0 Å². The van der Waals surface area contributed by atoms with Crippen LogP contribution >= 0.6 is 0 Å². The number of hydrogen-bond donors (Lipinski definition) is 1. The van der Waals surface area contributed by atoms with Crippen LogP contribution in [0.2, 0.25) is 0 Å². The summed E-state index contributed by atoms with van der Waals surface area (Å²) in [6.07, 6.45) is 7.20. The monoisotopic (exact) mass is 285 g/mol. The third-order valence-corrected chi connectivity index (χ3v) is 3.59. The van der Waals surface area contributed by atoms with E-state index in [1.807, 2.05) is 12.5 Å². The molecule has 1 N–H and O–H groups in total. The molecular weight excluding hydrogens is 262 g/mol. The average molecular weight is 285 g/mol. The summed E-state index contributed by atoms with van der Waals surface area (Å²) in [6.45, 7) is 7.37. The minimum atomic E-state index is 0.579. The summed E-state index contributed by atoms with van der Waals surface area (Å²) in [5.41, 5.74) is 2.12. The highest BCUT2D eigenvalue weighted by Gasteiger charge is 2.26. The molecule has 5 nitrogen and oxygen atoms in total. The van der Waals surface area contributed by atoms with Gasteiger partial charge in [-0.1, -0.05) is 13.8 Å². The van der Waals surface area contributed by atoms with Crippen LogP contribution in [0.5, 0.6) is 0 Å². The molecule has 1 aliphatic carbocycles. The van der Waals surface area contributed by atoms with Gasteiger partial charge in [0.2, 0.25) is 0 Å². The molecule has 112 valence electrons. The average Bonchev–Trinajstić information content (AvgIpc) is 3.15. The van der Waals surface area contributed by atoms with E-state index in [-0.39, 0.29) is 0 Å². The lowest BCUT2D eigenvalue weighted by atomic mass is 10.1. The molecule has 0 aromatic carbocycles. The van der Waals surface area contributed by atoms with Crippen molar-refractivity contribution in [2.24, 2.45) is 5.92 Å². The Labute approximate surface area is 125 Å². The molecular formula is C16H23N5. The van der Waals surface area contributed by atoms with Gasteiger partial charge >= 0.3 is 0 Å². The zero-order valence-electron chi connectivity index (χ0n) is 13.0. The van der Waals surface area contributed by atoms with Crippen LogP contribution in [0.1, 0.15) is 45.3 Å². The number of anilines is 1. The first-order chi connectivity index (χ1) is 10.2. The molecule has 0 bridgehead atoms. The highest BCUT2D eigenvalue weighted by Crippen LogP contribution is 2.37. The molecule has 2 aromatic heterocycles. The lowest BCUT2D eigenvalue weighted by Crippen LogP contribution is -2.07. The predicted molar refractivity (Wildman–Crippen MR) is 84.2 cm³/mol. The quantitative estimate of drug-likeness (QED) is 0.884. The van der Waals surface area contributed by atoms with Crippen LogP contribution in [0.25, 0.3) is 11.5 Å². The summed E-state index contributed by atoms with van der Waals surface area (Å²) in [5, 5.41) is 3.31. The molecule has 2 heterocycles. The second kappa shape index (κ2) is 5.84. The fraction of sp³-hybridized carbons (Fsp3) is 0.562.